The molecule has 0 aliphatic carbocycles. The standard InChI is InChI=1S/C44H28N2O/c45-28-31-19-21-41-38(26-31)36-15-4-5-17-40(36)46(41)42-18-8-16-37-39-27-35(20-22-43(39)47-44(37)42)34-14-7-10-30(25-34)23-29-9-6-13-33(24-29)32-11-2-1-3-12-32/h1-22,24-27H,23H2. The van der Waals surface area contributed by atoms with Crippen molar-refractivity contribution in [2.24, 2.45) is 0 Å². The third-order valence-electron chi connectivity index (χ3n) is 9.22. The molecule has 220 valence electrons. The molecular weight excluding hydrogens is 572 g/mol. The lowest BCUT2D eigenvalue weighted by Crippen LogP contribution is -1.94. The molecule has 0 aliphatic heterocycles. The fraction of sp³-hybridized carbons (Fsp3) is 0.0227. The van der Waals surface area contributed by atoms with Crippen LogP contribution in [0.5, 0.6) is 0 Å². The van der Waals surface area contributed by atoms with Crippen LogP contribution >= 0.6 is 0 Å². The van der Waals surface area contributed by atoms with E-state index in [0.29, 0.717) is 5.56 Å². The molecule has 47 heavy (non-hydrogen) atoms. The van der Waals surface area contributed by atoms with Crippen LogP contribution in [0.25, 0.3) is 71.7 Å². The molecule has 0 unspecified atom stereocenters. The highest BCUT2D eigenvalue weighted by molar-refractivity contribution is 6.13. The Kier molecular flexibility index (Phi) is 6.26. The van der Waals surface area contributed by atoms with Gasteiger partial charge in [0.2, 0.25) is 0 Å². The SMILES string of the molecule is N#Cc1ccc2c(c1)c1ccccc1n2-c1cccc2c1oc1ccc(-c3cccc(Cc4cccc(-c5ccccc5)c4)c3)cc12. The van der Waals surface area contributed by atoms with Crippen LogP contribution in [-0.4, -0.2) is 4.57 Å². The number of hydrogen-bond acceptors (Lipinski definition) is 2. The highest BCUT2D eigenvalue weighted by atomic mass is 16.3. The molecule has 9 rings (SSSR count). The molecule has 2 heterocycles. The van der Waals surface area contributed by atoms with Crippen LogP contribution in [-0.2, 0) is 6.42 Å². The van der Waals surface area contributed by atoms with Crippen molar-refractivity contribution in [2.45, 2.75) is 6.42 Å². The molecular formula is C44H28N2O. The second kappa shape index (κ2) is 10.9. The Morgan fingerprint density at radius 1 is 0.489 bits per heavy atom. The quantitative estimate of drug-likeness (QED) is 0.197. The van der Waals surface area contributed by atoms with Gasteiger partial charge in [0, 0.05) is 21.5 Å². The molecule has 0 aliphatic rings. The predicted octanol–water partition coefficient (Wildman–Crippen LogP) is 11.5. The number of nitrogens with zero attached hydrogens (tertiary/aromatic N) is 2. The van der Waals surface area contributed by atoms with Gasteiger partial charge in [-0.25, -0.2) is 0 Å². The maximum absolute atomic E-state index is 9.58. The predicted molar refractivity (Wildman–Crippen MR) is 193 cm³/mol. The molecule has 0 fully saturated rings. The summed E-state index contributed by atoms with van der Waals surface area (Å²) in [5, 5.41) is 13.9. The van der Waals surface area contributed by atoms with Crippen LogP contribution in [0.3, 0.4) is 0 Å². The number of rotatable bonds is 5. The lowest BCUT2D eigenvalue weighted by molar-refractivity contribution is 0.666. The molecule has 0 saturated heterocycles. The molecule has 0 atom stereocenters. The van der Waals surface area contributed by atoms with Gasteiger partial charge in [0.05, 0.1) is 28.4 Å². The average molecular weight is 601 g/mol. The minimum Gasteiger partial charge on any atom is -0.454 e. The Hall–Kier alpha value is -6.37. The van der Waals surface area contributed by atoms with Gasteiger partial charge in [0.1, 0.15) is 5.58 Å². The summed E-state index contributed by atoms with van der Waals surface area (Å²) in [6.07, 6.45) is 0.864. The molecule has 0 radical (unpaired) electrons. The van der Waals surface area contributed by atoms with Gasteiger partial charge in [-0.2, -0.15) is 5.26 Å². The summed E-state index contributed by atoms with van der Waals surface area (Å²) in [6.45, 7) is 0. The molecule has 3 nitrogen and oxygen atoms in total. The zero-order valence-corrected chi connectivity index (χ0v) is 25.5. The zero-order valence-electron chi connectivity index (χ0n) is 25.5. The lowest BCUT2D eigenvalue weighted by atomic mass is 9.96. The number of aromatic nitrogens is 1. The third kappa shape index (κ3) is 4.59. The van der Waals surface area contributed by atoms with Crippen molar-refractivity contribution in [3.8, 4) is 34.0 Å². The van der Waals surface area contributed by atoms with E-state index in [1.165, 1.54) is 27.8 Å². The van der Waals surface area contributed by atoms with Gasteiger partial charge in [-0.3, -0.25) is 0 Å². The summed E-state index contributed by atoms with van der Waals surface area (Å²) < 4.78 is 8.88. The largest absolute Gasteiger partial charge is 0.454 e. The number of hydrogen-bond donors (Lipinski definition) is 0. The fourth-order valence-corrected chi connectivity index (χ4v) is 7.03. The van der Waals surface area contributed by atoms with Crippen molar-refractivity contribution in [1.82, 2.24) is 4.57 Å². The van der Waals surface area contributed by atoms with Crippen LogP contribution in [0.4, 0.5) is 0 Å². The van der Waals surface area contributed by atoms with E-state index < -0.39 is 0 Å². The summed E-state index contributed by atoms with van der Waals surface area (Å²) in [7, 11) is 0. The summed E-state index contributed by atoms with van der Waals surface area (Å²) in [5.74, 6) is 0. The van der Waals surface area contributed by atoms with Crippen molar-refractivity contribution in [3.63, 3.8) is 0 Å². The number of benzene rings is 7. The Labute approximate surface area is 272 Å². The highest BCUT2D eigenvalue weighted by Gasteiger charge is 2.18. The van der Waals surface area contributed by atoms with Crippen molar-refractivity contribution < 1.29 is 4.42 Å². The summed E-state index contributed by atoms with van der Waals surface area (Å²) in [4.78, 5) is 0. The van der Waals surface area contributed by atoms with Gasteiger partial charge in [-0.15, -0.1) is 0 Å². The number of para-hydroxylation sites is 2. The van der Waals surface area contributed by atoms with Gasteiger partial charge < -0.3 is 8.98 Å². The Balaban J connectivity index is 1.12. The van der Waals surface area contributed by atoms with Gasteiger partial charge in [-0.05, 0) is 82.3 Å². The van der Waals surface area contributed by atoms with Crippen molar-refractivity contribution >= 4 is 43.7 Å². The molecule has 3 heteroatoms. The zero-order chi connectivity index (χ0) is 31.3. The fourth-order valence-electron chi connectivity index (χ4n) is 7.03. The first kappa shape index (κ1) is 27.0. The van der Waals surface area contributed by atoms with E-state index in [2.05, 4.69) is 144 Å². The van der Waals surface area contributed by atoms with Gasteiger partial charge in [-0.1, -0.05) is 115 Å². The number of fused-ring (bicyclic) bond motifs is 6. The van der Waals surface area contributed by atoms with Gasteiger partial charge in [0.15, 0.2) is 5.58 Å². The number of furan rings is 1. The molecule has 0 N–H and O–H groups in total. The van der Waals surface area contributed by atoms with Crippen LogP contribution in [0.2, 0.25) is 0 Å². The summed E-state index contributed by atoms with van der Waals surface area (Å²) in [5.41, 5.74) is 12.9. The molecule has 9 aromatic rings. The van der Waals surface area contributed by atoms with Crippen molar-refractivity contribution in [2.75, 3.05) is 0 Å². The van der Waals surface area contributed by atoms with Crippen molar-refractivity contribution in [1.29, 1.82) is 5.26 Å². The first-order valence-electron chi connectivity index (χ1n) is 15.9. The molecule has 7 aromatic carbocycles. The van der Waals surface area contributed by atoms with E-state index in [-0.39, 0.29) is 0 Å². The third-order valence-corrected chi connectivity index (χ3v) is 9.22. The molecule has 0 spiro atoms. The summed E-state index contributed by atoms with van der Waals surface area (Å²) in [6, 6.07) is 57.7. The van der Waals surface area contributed by atoms with E-state index in [9.17, 15) is 5.26 Å². The van der Waals surface area contributed by atoms with Crippen LogP contribution < -0.4 is 0 Å². The molecule has 0 saturated carbocycles. The molecule has 0 bridgehead atoms. The second-order valence-corrected chi connectivity index (χ2v) is 12.1. The van der Waals surface area contributed by atoms with Crippen LogP contribution in [0, 0.1) is 11.3 Å². The van der Waals surface area contributed by atoms with E-state index in [1.807, 2.05) is 24.3 Å². The van der Waals surface area contributed by atoms with Gasteiger partial charge >= 0.3 is 0 Å². The minimum atomic E-state index is 0.652. The second-order valence-electron chi connectivity index (χ2n) is 12.1. The van der Waals surface area contributed by atoms with E-state index in [0.717, 1.165) is 61.4 Å². The Morgan fingerprint density at radius 2 is 1.15 bits per heavy atom. The monoisotopic (exact) mass is 600 g/mol. The smallest absolute Gasteiger partial charge is 0.159 e. The Morgan fingerprint density at radius 3 is 1.96 bits per heavy atom. The first-order valence-corrected chi connectivity index (χ1v) is 15.9. The van der Waals surface area contributed by atoms with E-state index >= 15 is 0 Å². The Bertz CT molecular complexity index is 2670. The van der Waals surface area contributed by atoms with Crippen LogP contribution in [0.15, 0.2) is 162 Å². The topological polar surface area (TPSA) is 41.9 Å². The number of nitriles is 1. The maximum Gasteiger partial charge on any atom is 0.159 e. The summed E-state index contributed by atoms with van der Waals surface area (Å²) >= 11 is 0. The maximum atomic E-state index is 9.58. The van der Waals surface area contributed by atoms with Crippen LogP contribution in [0.1, 0.15) is 16.7 Å². The molecule has 2 aromatic heterocycles. The molecule has 0 amide bonds. The van der Waals surface area contributed by atoms with E-state index in [1.54, 1.807) is 0 Å². The van der Waals surface area contributed by atoms with Gasteiger partial charge in [0.25, 0.3) is 0 Å². The first-order chi connectivity index (χ1) is 23.2. The lowest BCUT2D eigenvalue weighted by Gasteiger charge is -2.09. The normalized spacial score (nSPS) is 11.5. The van der Waals surface area contributed by atoms with Crippen molar-refractivity contribution in [3.05, 3.63) is 174 Å². The van der Waals surface area contributed by atoms with E-state index in [4.69, 9.17) is 4.42 Å². The average Bonchev–Trinajstić information content (AvgIpc) is 3.67. The highest BCUT2D eigenvalue weighted by Crippen LogP contribution is 2.39. The minimum absolute atomic E-state index is 0.652.